The molecule has 45 heavy (non-hydrogen) atoms. The molecule has 1 aromatic heterocycles. The zero-order valence-corrected chi connectivity index (χ0v) is 28.0. The molecule has 1 heterocycles. The average Bonchev–Trinajstić information content (AvgIpc) is 3.23. The largest absolute Gasteiger partial charge is 0.478 e. The van der Waals surface area contributed by atoms with Gasteiger partial charge in [0.15, 0.2) is 0 Å². The lowest BCUT2D eigenvalue weighted by Crippen LogP contribution is -2.65. The molecule has 1 unspecified atom stereocenters. The lowest BCUT2D eigenvalue weighted by molar-refractivity contribution is -0.234. The quantitative estimate of drug-likeness (QED) is 0.191. The van der Waals surface area contributed by atoms with E-state index in [-0.39, 0.29) is 52.0 Å². The van der Waals surface area contributed by atoms with Crippen molar-refractivity contribution in [2.75, 3.05) is 0 Å². The number of hydrogen-bond acceptors (Lipinski definition) is 7. The molecule has 4 aliphatic rings. The first-order valence-corrected chi connectivity index (χ1v) is 16.7. The van der Waals surface area contributed by atoms with E-state index in [1.54, 1.807) is 24.5 Å². The standard InChI is InChI=1S/C37H51NO7/c1-21(2)9-8-10-25(33(41)42)31-27-19-28(40)32-35(5)15-12-29(45-34(43)24-13-17-38-18-14-24)22(3)26(35)11-16-36(32,6)37(27,7)20-30(31)44-23(4)39/h9,13-14,17-18,22,26-30,32,40H,8,10-12,15-16,19-20H2,1-7H3,(H,41,42)/b31-25-/t22-,26-,27-,28+,29+,30-,32?,35-,36-,37-/m0/s1. The fourth-order valence-electron chi connectivity index (χ4n) is 10.6. The molecule has 4 aliphatic carbocycles. The number of aliphatic carboxylic acids is 1. The van der Waals surface area contributed by atoms with Crippen LogP contribution in [0, 0.1) is 39.9 Å². The normalized spacial score (nSPS) is 39.9. The van der Waals surface area contributed by atoms with Crippen LogP contribution in [-0.2, 0) is 19.1 Å². The number of hydrogen-bond donors (Lipinski definition) is 2. The minimum Gasteiger partial charge on any atom is -0.478 e. The van der Waals surface area contributed by atoms with E-state index in [1.165, 1.54) is 6.92 Å². The van der Waals surface area contributed by atoms with Gasteiger partial charge in [-0.2, -0.15) is 0 Å². The number of rotatable bonds is 7. The molecule has 0 saturated heterocycles. The highest BCUT2D eigenvalue weighted by Gasteiger charge is 2.71. The molecule has 5 rings (SSSR count). The minimum absolute atomic E-state index is 0.0272. The van der Waals surface area contributed by atoms with E-state index in [9.17, 15) is 24.6 Å². The number of aromatic nitrogens is 1. The van der Waals surface area contributed by atoms with E-state index in [4.69, 9.17) is 9.47 Å². The number of esters is 2. The third kappa shape index (κ3) is 5.66. The number of nitrogens with zero attached hydrogens (tertiary/aromatic N) is 1. The molecule has 8 nitrogen and oxygen atoms in total. The molecule has 0 aromatic carbocycles. The van der Waals surface area contributed by atoms with Gasteiger partial charge < -0.3 is 19.7 Å². The molecule has 0 amide bonds. The summed E-state index contributed by atoms with van der Waals surface area (Å²) in [5.41, 5.74) is 1.78. The summed E-state index contributed by atoms with van der Waals surface area (Å²) >= 11 is 0. The van der Waals surface area contributed by atoms with Crippen LogP contribution < -0.4 is 0 Å². The van der Waals surface area contributed by atoms with Gasteiger partial charge in [0, 0.05) is 24.9 Å². The van der Waals surface area contributed by atoms with Crippen LogP contribution in [0.15, 0.2) is 47.3 Å². The van der Waals surface area contributed by atoms with Gasteiger partial charge in [0.05, 0.1) is 11.7 Å². The highest BCUT2D eigenvalue weighted by Crippen LogP contribution is 2.74. The molecule has 1 aromatic rings. The first-order valence-electron chi connectivity index (χ1n) is 16.7. The second kappa shape index (κ2) is 12.3. The van der Waals surface area contributed by atoms with Gasteiger partial charge in [0.25, 0.3) is 0 Å². The number of carbonyl (C=O) groups excluding carboxylic acids is 2. The molecular formula is C37H51NO7. The smallest absolute Gasteiger partial charge is 0.338 e. The first kappa shape index (κ1) is 33.4. The number of aliphatic hydroxyl groups is 1. The Morgan fingerprint density at radius 2 is 1.71 bits per heavy atom. The van der Waals surface area contributed by atoms with Crippen molar-refractivity contribution in [3.63, 3.8) is 0 Å². The van der Waals surface area contributed by atoms with Gasteiger partial charge in [-0.15, -0.1) is 0 Å². The maximum atomic E-state index is 13.0. The van der Waals surface area contributed by atoms with E-state index in [1.807, 2.05) is 19.9 Å². The van der Waals surface area contributed by atoms with Gasteiger partial charge in [0.2, 0.25) is 0 Å². The Kier molecular flexibility index (Phi) is 9.13. The third-order valence-electron chi connectivity index (χ3n) is 12.7. The third-order valence-corrected chi connectivity index (χ3v) is 12.7. The van der Waals surface area contributed by atoms with E-state index >= 15 is 0 Å². The molecule has 4 saturated carbocycles. The number of fused-ring (bicyclic) bond motifs is 5. The minimum atomic E-state index is -0.973. The average molecular weight is 622 g/mol. The lowest BCUT2D eigenvalue weighted by Gasteiger charge is -2.69. The number of carbonyl (C=O) groups is 3. The Hall–Kier alpha value is -3.00. The highest BCUT2D eigenvalue weighted by atomic mass is 16.5. The van der Waals surface area contributed by atoms with Crippen LogP contribution in [0.1, 0.15) is 110 Å². The Morgan fingerprint density at radius 3 is 2.33 bits per heavy atom. The molecule has 246 valence electrons. The van der Waals surface area contributed by atoms with E-state index in [0.29, 0.717) is 42.4 Å². The van der Waals surface area contributed by atoms with Crippen molar-refractivity contribution in [3.05, 3.63) is 52.9 Å². The summed E-state index contributed by atoms with van der Waals surface area (Å²) in [5.74, 6) is -1.56. The molecule has 8 heteroatoms. The summed E-state index contributed by atoms with van der Waals surface area (Å²) < 4.78 is 12.0. The molecule has 2 N–H and O–H groups in total. The van der Waals surface area contributed by atoms with Crippen LogP contribution in [0.4, 0.5) is 0 Å². The van der Waals surface area contributed by atoms with Gasteiger partial charge in [-0.05, 0) is 123 Å². The van der Waals surface area contributed by atoms with Crippen LogP contribution in [0.3, 0.4) is 0 Å². The number of ether oxygens (including phenoxy) is 2. The van der Waals surface area contributed by atoms with Crippen molar-refractivity contribution in [1.82, 2.24) is 4.98 Å². The lowest BCUT2D eigenvalue weighted by atomic mass is 9.36. The Bertz CT molecular complexity index is 1380. The highest BCUT2D eigenvalue weighted by molar-refractivity contribution is 5.89. The maximum Gasteiger partial charge on any atom is 0.338 e. The SMILES string of the molecule is CC(=O)O[C@H]1C[C@@]2(C)[C@@H](C[C@@H](O)C3[C@]2(C)CC[C@H]2[C@H](C)[C@H](OC(=O)c4ccncc4)CC[C@]32C)/C1=C(\CCC=C(C)C)C(=O)O. The molecular weight excluding hydrogens is 570 g/mol. The number of aliphatic hydroxyl groups excluding tert-OH is 1. The topological polar surface area (TPSA) is 123 Å². The van der Waals surface area contributed by atoms with Gasteiger partial charge in [-0.1, -0.05) is 39.3 Å². The molecule has 0 aliphatic heterocycles. The Balaban J connectivity index is 1.48. The number of carboxylic acid groups (broad SMARTS) is 1. The van der Waals surface area contributed by atoms with Crippen molar-refractivity contribution in [3.8, 4) is 0 Å². The van der Waals surface area contributed by atoms with Gasteiger partial charge in [-0.3, -0.25) is 9.78 Å². The summed E-state index contributed by atoms with van der Waals surface area (Å²) in [6, 6.07) is 3.35. The summed E-state index contributed by atoms with van der Waals surface area (Å²) in [5, 5.41) is 22.6. The fraction of sp³-hybridized carbons (Fsp3) is 0.676. The monoisotopic (exact) mass is 621 g/mol. The van der Waals surface area contributed by atoms with Crippen molar-refractivity contribution < 1.29 is 34.1 Å². The second-order valence-electron chi connectivity index (χ2n) is 15.3. The zero-order chi connectivity index (χ0) is 32.9. The maximum absolute atomic E-state index is 13.0. The van der Waals surface area contributed by atoms with Crippen LogP contribution in [0.5, 0.6) is 0 Å². The molecule has 10 atom stereocenters. The van der Waals surface area contributed by atoms with Crippen LogP contribution in [-0.4, -0.2) is 51.4 Å². The van der Waals surface area contributed by atoms with Crippen LogP contribution in [0.25, 0.3) is 0 Å². The summed E-state index contributed by atoms with van der Waals surface area (Å²) in [4.78, 5) is 42.1. The van der Waals surface area contributed by atoms with Crippen LogP contribution in [0.2, 0.25) is 0 Å². The van der Waals surface area contributed by atoms with Crippen molar-refractivity contribution in [2.24, 2.45) is 39.9 Å². The first-order chi connectivity index (χ1) is 21.1. The number of pyridine rings is 1. The van der Waals surface area contributed by atoms with E-state index in [2.05, 4.69) is 32.7 Å². The summed E-state index contributed by atoms with van der Waals surface area (Å²) in [7, 11) is 0. The van der Waals surface area contributed by atoms with Crippen molar-refractivity contribution in [2.45, 2.75) is 118 Å². The molecule has 0 spiro atoms. The summed E-state index contributed by atoms with van der Waals surface area (Å²) in [6.07, 6.45) is 9.04. The van der Waals surface area contributed by atoms with Gasteiger partial charge in [-0.25, -0.2) is 9.59 Å². The Morgan fingerprint density at radius 1 is 1.02 bits per heavy atom. The van der Waals surface area contributed by atoms with Gasteiger partial charge >= 0.3 is 17.9 Å². The number of carboxylic acids is 1. The molecule has 0 bridgehead atoms. The van der Waals surface area contributed by atoms with Gasteiger partial charge in [0.1, 0.15) is 12.2 Å². The summed E-state index contributed by atoms with van der Waals surface area (Å²) in [6.45, 7) is 14.4. The Labute approximate surface area is 267 Å². The fourth-order valence-corrected chi connectivity index (χ4v) is 10.6. The van der Waals surface area contributed by atoms with Crippen molar-refractivity contribution >= 4 is 17.9 Å². The molecule has 0 radical (unpaired) electrons. The van der Waals surface area contributed by atoms with Crippen LogP contribution >= 0.6 is 0 Å². The predicted octanol–water partition coefficient (Wildman–Crippen LogP) is 6.93. The van der Waals surface area contributed by atoms with Crippen molar-refractivity contribution in [1.29, 1.82) is 0 Å². The molecule has 4 fully saturated rings. The zero-order valence-electron chi connectivity index (χ0n) is 28.0. The van der Waals surface area contributed by atoms with E-state index in [0.717, 1.165) is 31.3 Å². The van der Waals surface area contributed by atoms with E-state index < -0.39 is 24.1 Å². The predicted molar refractivity (Wildman–Crippen MR) is 170 cm³/mol. The number of allylic oxidation sites excluding steroid dienone is 2. The second-order valence-corrected chi connectivity index (χ2v) is 15.3.